The first-order valence-corrected chi connectivity index (χ1v) is 21.7. The van der Waals surface area contributed by atoms with Crippen LogP contribution in [0.4, 0.5) is 21.0 Å². The molecule has 2 spiro atoms. The van der Waals surface area contributed by atoms with E-state index in [1.807, 2.05) is 75.6 Å². The van der Waals surface area contributed by atoms with E-state index in [0.29, 0.717) is 10.8 Å². The van der Waals surface area contributed by atoms with E-state index < -0.39 is 5.60 Å². The van der Waals surface area contributed by atoms with Crippen molar-refractivity contribution in [3.05, 3.63) is 59.7 Å². The molecule has 8 rings (SSSR count). The van der Waals surface area contributed by atoms with Crippen LogP contribution in [0, 0.1) is 10.8 Å². The highest BCUT2D eigenvalue weighted by atomic mass is 16.6. The molecule has 57 heavy (non-hydrogen) atoms. The maximum atomic E-state index is 12.2. The van der Waals surface area contributed by atoms with Gasteiger partial charge in [-0.1, -0.05) is 12.1 Å². The lowest BCUT2D eigenvalue weighted by atomic mass is 9.72. The molecule has 2 amide bonds. The van der Waals surface area contributed by atoms with E-state index in [2.05, 4.69) is 44.3 Å². The highest BCUT2D eigenvalue weighted by Crippen LogP contribution is 2.42. The van der Waals surface area contributed by atoms with Gasteiger partial charge >= 0.3 is 12.2 Å². The Kier molecular flexibility index (Phi) is 13.8. The topological polar surface area (TPSA) is 97.9 Å². The minimum Gasteiger partial charge on any atom is -0.444 e. The Morgan fingerprint density at radius 1 is 0.614 bits per heavy atom. The fraction of sp³-hybridized carbons (Fsp3) is 0.674. The van der Waals surface area contributed by atoms with Crippen LogP contribution in [0.3, 0.4) is 0 Å². The summed E-state index contributed by atoms with van der Waals surface area (Å²) in [6, 6.07) is 17.0. The zero-order chi connectivity index (χ0) is 40.7. The van der Waals surface area contributed by atoms with E-state index in [1.54, 1.807) is 0 Å². The highest BCUT2D eigenvalue weighted by molar-refractivity contribution is 5.75. The summed E-state index contributed by atoms with van der Waals surface area (Å²) in [6.07, 6.45) is 10.5. The Morgan fingerprint density at radius 3 is 1.42 bits per heavy atom. The molecule has 0 aromatic heterocycles. The van der Waals surface area contributed by atoms with Gasteiger partial charge in [-0.15, -0.1) is 0 Å². The van der Waals surface area contributed by atoms with Gasteiger partial charge in [0.05, 0.1) is 0 Å². The van der Waals surface area contributed by atoms with E-state index in [1.165, 1.54) is 81.4 Å². The number of aldehydes is 1. The van der Waals surface area contributed by atoms with Gasteiger partial charge in [-0.05, 0) is 161 Å². The van der Waals surface area contributed by atoms with Gasteiger partial charge in [0, 0.05) is 86.7 Å². The Morgan fingerprint density at radius 2 is 1.02 bits per heavy atom. The third kappa shape index (κ3) is 12.1. The molecule has 314 valence electrons. The largest absolute Gasteiger partial charge is 0.444 e. The first-order valence-electron chi connectivity index (χ1n) is 21.7. The monoisotopic (exact) mass is 787 g/mol. The molecule has 11 heteroatoms. The van der Waals surface area contributed by atoms with Gasteiger partial charge in [0.1, 0.15) is 17.5 Å². The van der Waals surface area contributed by atoms with Crippen LogP contribution >= 0.6 is 0 Å². The van der Waals surface area contributed by atoms with Crippen LogP contribution in [0.5, 0.6) is 0 Å². The van der Waals surface area contributed by atoms with Crippen LogP contribution in [0.25, 0.3) is 0 Å². The Labute approximate surface area is 342 Å². The molecule has 0 saturated carbocycles. The van der Waals surface area contributed by atoms with Crippen molar-refractivity contribution in [2.75, 3.05) is 88.3 Å². The number of piperidine rings is 2. The van der Waals surface area contributed by atoms with Crippen molar-refractivity contribution in [1.29, 1.82) is 0 Å². The van der Waals surface area contributed by atoms with Gasteiger partial charge < -0.3 is 34.4 Å². The lowest BCUT2D eigenvalue weighted by molar-refractivity contribution is -0.0601. The average Bonchev–Trinajstić information content (AvgIpc) is 3.89. The minimum absolute atomic E-state index is 0.154. The maximum Gasteiger partial charge on any atom is 0.410 e. The minimum atomic E-state index is -0.409. The van der Waals surface area contributed by atoms with Gasteiger partial charge in [0.15, 0.2) is 0 Å². The second-order valence-electron chi connectivity index (χ2n) is 19.5. The lowest BCUT2D eigenvalue weighted by Gasteiger charge is -2.53. The molecular formula is C46H70N6O5. The van der Waals surface area contributed by atoms with E-state index in [-0.39, 0.29) is 17.8 Å². The predicted octanol–water partition coefficient (Wildman–Crippen LogP) is 7.83. The second-order valence-corrected chi connectivity index (χ2v) is 19.5. The van der Waals surface area contributed by atoms with Crippen LogP contribution in [-0.4, -0.2) is 123 Å². The van der Waals surface area contributed by atoms with Gasteiger partial charge in [-0.2, -0.15) is 0 Å². The summed E-state index contributed by atoms with van der Waals surface area (Å²) in [5.41, 5.74) is 4.70. The first-order chi connectivity index (χ1) is 27.1. The summed E-state index contributed by atoms with van der Waals surface area (Å²) in [5.74, 6) is 0. The summed E-state index contributed by atoms with van der Waals surface area (Å²) < 4.78 is 10.8. The predicted molar refractivity (Wildman–Crippen MR) is 228 cm³/mol. The van der Waals surface area contributed by atoms with Gasteiger partial charge in [0.25, 0.3) is 0 Å². The van der Waals surface area contributed by atoms with Crippen molar-refractivity contribution in [2.24, 2.45) is 10.8 Å². The number of carbonyl (C=O) groups is 3. The molecule has 6 heterocycles. The Hall–Kier alpha value is -3.83. The van der Waals surface area contributed by atoms with Crippen molar-refractivity contribution in [1.82, 2.24) is 20.0 Å². The third-order valence-corrected chi connectivity index (χ3v) is 12.3. The van der Waals surface area contributed by atoms with Crippen LogP contribution in [-0.2, 0) is 16.0 Å². The zero-order valence-corrected chi connectivity index (χ0v) is 35.8. The molecule has 0 radical (unpaired) electrons. The number of benzene rings is 2. The van der Waals surface area contributed by atoms with Crippen LogP contribution < -0.4 is 15.1 Å². The van der Waals surface area contributed by atoms with Gasteiger partial charge in [-0.3, -0.25) is 9.69 Å². The number of amides is 2. The lowest BCUT2D eigenvalue weighted by Crippen LogP contribution is -2.62. The van der Waals surface area contributed by atoms with Crippen molar-refractivity contribution in [3.63, 3.8) is 0 Å². The van der Waals surface area contributed by atoms with Crippen molar-refractivity contribution in [2.45, 2.75) is 111 Å². The van der Waals surface area contributed by atoms with E-state index in [4.69, 9.17) is 9.47 Å². The molecule has 6 aliphatic heterocycles. The van der Waals surface area contributed by atoms with Crippen molar-refractivity contribution < 1.29 is 23.9 Å². The molecule has 0 atom stereocenters. The zero-order valence-electron chi connectivity index (χ0n) is 35.8. The molecule has 0 bridgehead atoms. The molecule has 6 saturated heterocycles. The average molecular weight is 787 g/mol. The fourth-order valence-electron chi connectivity index (χ4n) is 9.00. The molecule has 2 aromatic carbocycles. The van der Waals surface area contributed by atoms with Crippen LogP contribution in [0.15, 0.2) is 48.5 Å². The fourth-order valence-corrected chi connectivity index (χ4v) is 9.00. The second kappa shape index (κ2) is 18.4. The number of likely N-dealkylation sites (tertiary alicyclic amines) is 3. The SMILES string of the molecule is CC(C)(C)OC(=O)N1CC2(CCN(Cc3ccc(N4CCCC4)cc3)CC2)C1.CC(C)(C)OC(=O)N1CC2(CCNCC2)C1.O=Cc1ccc(N2CCCC2)cc1. The standard InChI is InChI=1S/C23H35N3O2.C12H22N2O2.C11H13NO/c1-22(2,3)28-21(27)26-17-23(18-26)10-14-24(15-11-23)16-19-6-8-20(9-7-19)25-12-4-5-13-25;1-11(2,3)16-10(15)14-8-12(9-14)4-6-13-7-5-12;13-9-10-3-5-11(6-4-10)12-7-1-2-8-12/h6-9H,4-5,10-18H2,1-3H3;13H,4-9H2,1-3H3;3-6,9H,1-2,7-8H2. The van der Waals surface area contributed by atoms with Crippen LogP contribution in [0.2, 0.25) is 0 Å². The van der Waals surface area contributed by atoms with Gasteiger partial charge in [0.2, 0.25) is 0 Å². The number of ether oxygens (including phenoxy) is 2. The van der Waals surface area contributed by atoms with E-state index >= 15 is 0 Å². The quantitative estimate of drug-likeness (QED) is 0.305. The Bertz CT molecular complexity index is 1590. The van der Waals surface area contributed by atoms with Crippen LogP contribution in [0.1, 0.15) is 109 Å². The normalized spacial score (nSPS) is 21.4. The molecule has 1 N–H and O–H groups in total. The van der Waals surface area contributed by atoms with Crippen molar-refractivity contribution in [3.8, 4) is 0 Å². The molecule has 2 aromatic rings. The Balaban J connectivity index is 0.000000160. The number of anilines is 2. The number of nitrogens with zero attached hydrogens (tertiary/aromatic N) is 5. The number of hydrogen-bond donors (Lipinski definition) is 1. The third-order valence-electron chi connectivity index (χ3n) is 12.3. The highest BCUT2D eigenvalue weighted by Gasteiger charge is 2.48. The number of hydrogen-bond acceptors (Lipinski definition) is 9. The van der Waals surface area contributed by atoms with E-state index in [9.17, 15) is 14.4 Å². The maximum absolute atomic E-state index is 12.2. The summed E-state index contributed by atoms with van der Waals surface area (Å²) >= 11 is 0. The first kappa shape index (κ1) is 42.8. The molecule has 6 fully saturated rings. The number of rotatable bonds is 5. The van der Waals surface area contributed by atoms with E-state index in [0.717, 1.165) is 83.8 Å². The molecule has 11 nitrogen and oxygen atoms in total. The van der Waals surface area contributed by atoms with Crippen molar-refractivity contribution >= 4 is 29.8 Å². The number of nitrogens with one attached hydrogen (secondary N) is 1. The smallest absolute Gasteiger partial charge is 0.410 e. The summed E-state index contributed by atoms with van der Waals surface area (Å²) in [6.45, 7) is 25.1. The number of carbonyl (C=O) groups excluding carboxylic acids is 3. The molecule has 0 aliphatic carbocycles. The summed E-state index contributed by atoms with van der Waals surface area (Å²) in [7, 11) is 0. The van der Waals surface area contributed by atoms with Gasteiger partial charge in [-0.25, -0.2) is 9.59 Å². The molecule has 6 aliphatic rings. The summed E-state index contributed by atoms with van der Waals surface area (Å²) in [4.78, 5) is 45.5. The molecular weight excluding hydrogens is 717 g/mol. The molecule has 0 unspecified atom stereocenters. The summed E-state index contributed by atoms with van der Waals surface area (Å²) in [5, 5.41) is 3.36.